The molecule has 2 aliphatic heterocycles. The summed E-state index contributed by atoms with van der Waals surface area (Å²) in [7, 11) is 0. The highest BCUT2D eigenvalue weighted by Crippen LogP contribution is 2.30. The summed E-state index contributed by atoms with van der Waals surface area (Å²) in [4.78, 5) is 2.54. The van der Waals surface area contributed by atoms with Gasteiger partial charge in [0.05, 0.1) is 0 Å². The van der Waals surface area contributed by atoms with E-state index < -0.39 is 0 Å². The second-order valence-corrected chi connectivity index (χ2v) is 4.87. The Balaban J connectivity index is 1.85. The summed E-state index contributed by atoms with van der Waals surface area (Å²) in [6, 6.07) is 1.30. The maximum absolute atomic E-state index is 5.73. The van der Waals surface area contributed by atoms with E-state index in [9.17, 15) is 0 Å². The SMILES string of the molecule is CC1CSCC1N1CC(N)C1. The molecule has 0 aromatic heterocycles. The Labute approximate surface area is 72.5 Å². The molecule has 2 heterocycles. The van der Waals surface area contributed by atoms with Crippen LogP contribution in [0, 0.1) is 5.92 Å². The van der Waals surface area contributed by atoms with Crippen molar-refractivity contribution >= 4 is 11.8 Å². The van der Waals surface area contributed by atoms with Crippen LogP contribution in [0.1, 0.15) is 6.92 Å². The highest BCUT2D eigenvalue weighted by Gasteiger charge is 2.35. The number of likely N-dealkylation sites (tertiary alicyclic amines) is 1. The van der Waals surface area contributed by atoms with Gasteiger partial charge in [0, 0.05) is 30.9 Å². The molecule has 0 aromatic carbocycles. The fraction of sp³-hybridized carbons (Fsp3) is 1.00. The lowest BCUT2D eigenvalue weighted by atomic mass is 9.99. The number of nitrogens with two attached hydrogens (primary N) is 1. The van der Waals surface area contributed by atoms with Gasteiger partial charge in [-0.05, 0) is 11.7 Å². The Bertz CT molecular complexity index is 145. The Kier molecular flexibility index (Phi) is 2.12. The zero-order chi connectivity index (χ0) is 7.84. The third-order valence-corrected chi connectivity index (χ3v) is 4.07. The van der Waals surface area contributed by atoms with Gasteiger partial charge in [-0.15, -0.1) is 0 Å². The van der Waals surface area contributed by atoms with Crippen molar-refractivity contribution in [3.63, 3.8) is 0 Å². The Morgan fingerprint density at radius 3 is 2.55 bits per heavy atom. The van der Waals surface area contributed by atoms with Crippen LogP contribution in [0.25, 0.3) is 0 Å². The third-order valence-electron chi connectivity index (χ3n) is 2.73. The molecule has 11 heavy (non-hydrogen) atoms. The first kappa shape index (κ1) is 7.90. The van der Waals surface area contributed by atoms with Crippen molar-refractivity contribution in [2.45, 2.75) is 19.0 Å². The Morgan fingerprint density at radius 1 is 1.36 bits per heavy atom. The fourth-order valence-corrected chi connectivity index (χ4v) is 3.45. The maximum Gasteiger partial charge on any atom is 0.0297 e. The monoisotopic (exact) mass is 172 g/mol. The van der Waals surface area contributed by atoms with Crippen molar-refractivity contribution in [3.05, 3.63) is 0 Å². The lowest BCUT2D eigenvalue weighted by Gasteiger charge is -2.42. The van der Waals surface area contributed by atoms with Crippen LogP contribution in [0.2, 0.25) is 0 Å². The third kappa shape index (κ3) is 1.42. The number of hydrogen-bond acceptors (Lipinski definition) is 3. The topological polar surface area (TPSA) is 29.3 Å². The standard InChI is InChI=1S/C8H16N2S/c1-6-4-11-5-8(6)10-2-7(9)3-10/h6-8H,2-5,9H2,1H3. The predicted octanol–water partition coefficient (Wildman–Crippen LogP) is 0.381. The smallest absolute Gasteiger partial charge is 0.0297 e. The molecule has 0 saturated carbocycles. The fourth-order valence-electron chi connectivity index (χ4n) is 1.94. The first-order valence-electron chi connectivity index (χ1n) is 4.35. The van der Waals surface area contributed by atoms with Gasteiger partial charge in [0.2, 0.25) is 0 Å². The molecule has 0 bridgehead atoms. The molecule has 3 heteroatoms. The molecule has 2 fully saturated rings. The van der Waals surface area contributed by atoms with Crippen molar-refractivity contribution in [2.24, 2.45) is 11.7 Å². The van der Waals surface area contributed by atoms with Gasteiger partial charge < -0.3 is 5.73 Å². The average Bonchev–Trinajstić information content (AvgIpc) is 2.29. The minimum atomic E-state index is 0.466. The predicted molar refractivity (Wildman–Crippen MR) is 49.8 cm³/mol. The summed E-state index contributed by atoms with van der Waals surface area (Å²) < 4.78 is 0. The molecule has 2 aliphatic rings. The van der Waals surface area contributed by atoms with Crippen LogP contribution in [0.15, 0.2) is 0 Å². The molecule has 2 nitrogen and oxygen atoms in total. The van der Waals surface area contributed by atoms with Gasteiger partial charge in [0.25, 0.3) is 0 Å². The van der Waals surface area contributed by atoms with Gasteiger partial charge in [-0.1, -0.05) is 6.92 Å². The van der Waals surface area contributed by atoms with Crippen LogP contribution in [0.3, 0.4) is 0 Å². The summed E-state index contributed by atoms with van der Waals surface area (Å²) in [5.41, 5.74) is 5.73. The van der Waals surface area contributed by atoms with Crippen molar-refractivity contribution in [1.82, 2.24) is 4.90 Å². The lowest BCUT2D eigenvalue weighted by Crippen LogP contribution is -2.60. The second kappa shape index (κ2) is 2.96. The first-order valence-corrected chi connectivity index (χ1v) is 5.50. The molecule has 64 valence electrons. The van der Waals surface area contributed by atoms with Crippen molar-refractivity contribution in [1.29, 1.82) is 0 Å². The van der Waals surface area contributed by atoms with Crippen molar-refractivity contribution in [2.75, 3.05) is 24.6 Å². The van der Waals surface area contributed by atoms with Crippen molar-refractivity contribution in [3.8, 4) is 0 Å². The van der Waals surface area contributed by atoms with Crippen LogP contribution >= 0.6 is 11.8 Å². The molecule has 0 spiro atoms. The van der Waals surface area contributed by atoms with E-state index in [1.54, 1.807) is 0 Å². The van der Waals surface area contributed by atoms with E-state index in [-0.39, 0.29) is 0 Å². The van der Waals surface area contributed by atoms with E-state index in [1.165, 1.54) is 11.5 Å². The first-order chi connectivity index (χ1) is 5.27. The quantitative estimate of drug-likeness (QED) is 0.620. The summed E-state index contributed by atoms with van der Waals surface area (Å²) in [5, 5.41) is 0. The molecule has 0 radical (unpaired) electrons. The minimum Gasteiger partial charge on any atom is -0.325 e. The lowest BCUT2D eigenvalue weighted by molar-refractivity contribution is 0.0858. The number of rotatable bonds is 1. The highest BCUT2D eigenvalue weighted by atomic mass is 32.2. The van der Waals surface area contributed by atoms with Crippen molar-refractivity contribution < 1.29 is 0 Å². The van der Waals surface area contributed by atoms with Gasteiger partial charge in [-0.3, -0.25) is 4.90 Å². The Hall–Kier alpha value is 0.270. The molecular formula is C8H16N2S. The van der Waals surface area contributed by atoms with Gasteiger partial charge in [0.1, 0.15) is 0 Å². The van der Waals surface area contributed by atoms with E-state index >= 15 is 0 Å². The van der Waals surface area contributed by atoms with E-state index in [4.69, 9.17) is 5.73 Å². The molecule has 2 saturated heterocycles. The van der Waals surface area contributed by atoms with E-state index in [0.29, 0.717) is 6.04 Å². The summed E-state index contributed by atoms with van der Waals surface area (Å²) in [5.74, 6) is 3.55. The van der Waals surface area contributed by atoms with Gasteiger partial charge >= 0.3 is 0 Å². The normalized spacial score (nSPS) is 40.9. The zero-order valence-corrected chi connectivity index (χ0v) is 7.81. The summed E-state index contributed by atoms with van der Waals surface area (Å²) in [6.45, 7) is 4.62. The van der Waals surface area contributed by atoms with E-state index in [0.717, 1.165) is 25.0 Å². The molecule has 0 aliphatic carbocycles. The average molecular weight is 172 g/mol. The minimum absolute atomic E-state index is 0.466. The molecule has 2 atom stereocenters. The van der Waals surface area contributed by atoms with Gasteiger partial charge in [-0.2, -0.15) is 11.8 Å². The summed E-state index contributed by atoms with van der Waals surface area (Å²) >= 11 is 2.09. The summed E-state index contributed by atoms with van der Waals surface area (Å²) in [6.07, 6.45) is 0. The van der Waals surface area contributed by atoms with E-state index in [2.05, 4.69) is 23.6 Å². The zero-order valence-electron chi connectivity index (χ0n) is 6.99. The largest absolute Gasteiger partial charge is 0.325 e. The van der Waals surface area contributed by atoms with Crippen LogP contribution in [-0.2, 0) is 0 Å². The Morgan fingerprint density at radius 2 is 2.09 bits per heavy atom. The molecule has 2 N–H and O–H groups in total. The number of thioether (sulfide) groups is 1. The molecule has 2 rings (SSSR count). The number of hydrogen-bond donors (Lipinski definition) is 1. The highest BCUT2D eigenvalue weighted by molar-refractivity contribution is 7.99. The van der Waals surface area contributed by atoms with E-state index in [1.807, 2.05) is 0 Å². The van der Waals surface area contributed by atoms with Gasteiger partial charge in [-0.25, -0.2) is 0 Å². The second-order valence-electron chi connectivity index (χ2n) is 3.80. The molecule has 2 unspecified atom stereocenters. The van der Waals surface area contributed by atoms with Crippen LogP contribution in [0.4, 0.5) is 0 Å². The molecule has 0 amide bonds. The van der Waals surface area contributed by atoms with Gasteiger partial charge in [0.15, 0.2) is 0 Å². The van der Waals surface area contributed by atoms with Crippen LogP contribution < -0.4 is 5.73 Å². The molecule has 0 aromatic rings. The van der Waals surface area contributed by atoms with Crippen LogP contribution in [-0.4, -0.2) is 41.6 Å². The maximum atomic E-state index is 5.73. The number of nitrogens with zero attached hydrogens (tertiary/aromatic N) is 1. The molecular weight excluding hydrogens is 156 g/mol. The van der Waals surface area contributed by atoms with Crippen LogP contribution in [0.5, 0.6) is 0 Å².